The Balaban J connectivity index is 1.11. The summed E-state index contributed by atoms with van der Waals surface area (Å²) >= 11 is 1.34. The number of imide groups is 1. The van der Waals surface area contributed by atoms with Gasteiger partial charge in [0.25, 0.3) is 11.8 Å². The predicted molar refractivity (Wildman–Crippen MR) is 187 cm³/mol. The number of rotatable bonds is 10. The van der Waals surface area contributed by atoms with Gasteiger partial charge in [0.2, 0.25) is 0 Å². The molecular formula is C40H34N2O7S. The molecule has 0 saturated carbocycles. The molecule has 2 amide bonds. The fraction of sp³-hybridized carbons (Fsp3) is 0.200. The van der Waals surface area contributed by atoms with Crippen molar-refractivity contribution < 1.29 is 34.1 Å². The Labute approximate surface area is 293 Å². The molecule has 2 aliphatic heterocycles. The lowest BCUT2D eigenvalue weighted by molar-refractivity contribution is -0.268. The highest BCUT2D eigenvalue weighted by Crippen LogP contribution is 2.43. The molecule has 0 radical (unpaired) electrons. The Kier molecular flexibility index (Phi) is 9.60. The zero-order chi connectivity index (χ0) is 34.8. The van der Waals surface area contributed by atoms with Gasteiger partial charge in [-0.1, -0.05) is 85.8 Å². The molecule has 50 heavy (non-hydrogen) atoms. The Morgan fingerprint density at radius 2 is 1.50 bits per heavy atom. The molecule has 0 spiro atoms. The lowest BCUT2D eigenvalue weighted by atomic mass is 9.91. The van der Waals surface area contributed by atoms with Crippen LogP contribution in [0.25, 0.3) is 11.1 Å². The Morgan fingerprint density at radius 3 is 2.18 bits per heavy atom. The topological polar surface area (TPSA) is 126 Å². The molecule has 2 N–H and O–H groups in total. The summed E-state index contributed by atoms with van der Waals surface area (Å²) in [7, 11) is 0. The van der Waals surface area contributed by atoms with Gasteiger partial charge in [0.1, 0.15) is 5.03 Å². The van der Waals surface area contributed by atoms with Crippen LogP contribution in [0.5, 0.6) is 0 Å². The van der Waals surface area contributed by atoms with Crippen molar-refractivity contribution in [2.75, 3.05) is 5.75 Å². The smallest absolute Gasteiger partial charge is 0.338 e. The maximum Gasteiger partial charge on any atom is 0.338 e. The number of aliphatic hydroxyl groups excluding tert-OH is 1. The molecule has 1 saturated heterocycles. The first-order valence-corrected chi connectivity index (χ1v) is 17.3. The monoisotopic (exact) mass is 686 g/mol. The molecule has 0 aliphatic carbocycles. The van der Waals surface area contributed by atoms with Gasteiger partial charge >= 0.3 is 5.97 Å². The zero-order valence-electron chi connectivity index (χ0n) is 27.1. The normalized spacial score (nSPS) is 20.2. The van der Waals surface area contributed by atoms with Gasteiger partial charge in [-0.3, -0.25) is 14.5 Å². The van der Waals surface area contributed by atoms with Gasteiger partial charge in [0.15, 0.2) is 6.29 Å². The number of benzene rings is 4. The first kappa shape index (κ1) is 33.4. The SMILES string of the molecule is C[C@H]1[C@@H](CSc2ncccc2C(=O)O)O[C@@H](c2ccc(-c3cccc(CN4C(=O)c5ccccc5C4=O)c3)cc2)O[C@H]1c1ccc(CO)cc1. The van der Waals surface area contributed by atoms with Crippen molar-refractivity contribution in [3.05, 3.63) is 154 Å². The number of fused-ring (bicyclic) bond motifs is 1. The fourth-order valence-electron chi connectivity index (χ4n) is 6.39. The van der Waals surface area contributed by atoms with E-state index in [0.29, 0.717) is 21.9 Å². The standard InChI is InChI=1S/C40H34N2O7S/c1-24-34(23-50-36-33(39(46)47)10-5-19-41-36)48-40(49-35(24)28-13-11-25(22-43)12-14-28)29-17-15-27(16-18-29)30-7-4-6-26(20-30)21-42-37(44)31-8-2-3-9-32(31)38(42)45/h2-20,24,34-35,40,43H,21-23H2,1H3,(H,46,47)/t24-,34+,35+,40+/m0/s1. The molecule has 4 aromatic carbocycles. The number of carboxylic acid groups (broad SMARTS) is 1. The van der Waals surface area contributed by atoms with E-state index in [2.05, 4.69) is 11.9 Å². The summed E-state index contributed by atoms with van der Waals surface area (Å²) in [6, 6.07) is 33.4. The van der Waals surface area contributed by atoms with E-state index in [1.54, 1.807) is 42.6 Å². The summed E-state index contributed by atoms with van der Waals surface area (Å²) in [5.41, 5.74) is 6.30. The third-order valence-electron chi connectivity index (χ3n) is 9.17. The average molecular weight is 687 g/mol. The number of aliphatic hydroxyl groups is 1. The number of amides is 2. The van der Waals surface area contributed by atoms with E-state index in [1.165, 1.54) is 16.7 Å². The minimum absolute atomic E-state index is 0.0552. The van der Waals surface area contributed by atoms with Crippen molar-refractivity contribution in [2.24, 2.45) is 5.92 Å². The van der Waals surface area contributed by atoms with E-state index in [0.717, 1.165) is 33.4 Å². The second-order valence-electron chi connectivity index (χ2n) is 12.4. The van der Waals surface area contributed by atoms with Gasteiger partial charge in [0.05, 0.1) is 42.0 Å². The zero-order valence-corrected chi connectivity index (χ0v) is 28.0. The van der Waals surface area contributed by atoms with Gasteiger partial charge in [-0.2, -0.15) is 0 Å². The Bertz CT molecular complexity index is 2020. The number of aromatic nitrogens is 1. The number of pyridine rings is 1. The predicted octanol–water partition coefficient (Wildman–Crippen LogP) is 7.32. The number of nitrogens with zero attached hydrogens (tertiary/aromatic N) is 2. The largest absolute Gasteiger partial charge is 0.478 e. The molecule has 7 rings (SSSR count). The number of aromatic carboxylic acids is 1. The third-order valence-corrected chi connectivity index (χ3v) is 10.3. The summed E-state index contributed by atoms with van der Waals surface area (Å²) in [5.74, 6) is -1.23. The van der Waals surface area contributed by atoms with Gasteiger partial charge in [-0.05, 0) is 58.1 Å². The molecule has 1 fully saturated rings. The quantitative estimate of drug-likeness (QED) is 0.115. The second-order valence-corrected chi connectivity index (χ2v) is 13.4. The first-order valence-electron chi connectivity index (χ1n) is 16.3. The van der Waals surface area contributed by atoms with Crippen molar-refractivity contribution in [3.63, 3.8) is 0 Å². The highest BCUT2D eigenvalue weighted by Gasteiger charge is 2.39. The van der Waals surface area contributed by atoms with Gasteiger partial charge < -0.3 is 19.7 Å². The van der Waals surface area contributed by atoms with Crippen LogP contribution in [0.4, 0.5) is 0 Å². The minimum Gasteiger partial charge on any atom is -0.478 e. The van der Waals surface area contributed by atoms with Gasteiger partial charge in [-0.25, -0.2) is 9.78 Å². The van der Waals surface area contributed by atoms with Crippen LogP contribution in [0.15, 0.2) is 120 Å². The van der Waals surface area contributed by atoms with Crippen LogP contribution in [0.2, 0.25) is 0 Å². The maximum atomic E-state index is 12.9. The van der Waals surface area contributed by atoms with E-state index in [-0.39, 0.29) is 48.7 Å². The number of carboxylic acids is 1. The molecule has 252 valence electrons. The molecule has 5 aromatic rings. The molecule has 9 nitrogen and oxygen atoms in total. The molecule has 0 unspecified atom stereocenters. The van der Waals surface area contributed by atoms with E-state index in [4.69, 9.17) is 9.47 Å². The summed E-state index contributed by atoms with van der Waals surface area (Å²) in [4.78, 5) is 43.3. The Hall–Kier alpha value is -5.13. The van der Waals surface area contributed by atoms with Gasteiger partial charge in [-0.15, -0.1) is 11.8 Å². The molecule has 4 atom stereocenters. The molecule has 0 bridgehead atoms. The van der Waals surface area contributed by atoms with Crippen molar-refractivity contribution in [1.29, 1.82) is 0 Å². The van der Waals surface area contributed by atoms with Crippen LogP contribution in [0.3, 0.4) is 0 Å². The molecule has 1 aromatic heterocycles. The summed E-state index contributed by atoms with van der Waals surface area (Å²) in [6.07, 6.45) is 0.256. The average Bonchev–Trinajstić information content (AvgIpc) is 3.39. The summed E-state index contributed by atoms with van der Waals surface area (Å²) in [5, 5.41) is 19.7. The lowest BCUT2D eigenvalue weighted by Gasteiger charge is -2.41. The van der Waals surface area contributed by atoms with E-state index >= 15 is 0 Å². The number of hydrogen-bond acceptors (Lipinski definition) is 8. The van der Waals surface area contributed by atoms with Crippen LogP contribution < -0.4 is 0 Å². The van der Waals surface area contributed by atoms with Crippen molar-refractivity contribution in [3.8, 4) is 11.1 Å². The van der Waals surface area contributed by atoms with Crippen molar-refractivity contribution in [2.45, 2.75) is 43.6 Å². The van der Waals surface area contributed by atoms with E-state index < -0.39 is 12.3 Å². The molecule has 2 aliphatic rings. The van der Waals surface area contributed by atoms with E-state index in [1.807, 2.05) is 72.8 Å². The highest BCUT2D eigenvalue weighted by atomic mass is 32.2. The van der Waals surface area contributed by atoms with Crippen LogP contribution >= 0.6 is 11.8 Å². The number of hydrogen-bond donors (Lipinski definition) is 2. The summed E-state index contributed by atoms with van der Waals surface area (Å²) < 4.78 is 13.2. The van der Waals surface area contributed by atoms with Crippen molar-refractivity contribution >= 4 is 29.5 Å². The van der Waals surface area contributed by atoms with Crippen LogP contribution in [-0.4, -0.2) is 49.7 Å². The lowest BCUT2D eigenvalue weighted by Crippen LogP contribution is -2.38. The van der Waals surface area contributed by atoms with Crippen LogP contribution in [0, 0.1) is 5.92 Å². The van der Waals surface area contributed by atoms with E-state index in [9.17, 15) is 24.6 Å². The number of ether oxygens (including phenoxy) is 2. The van der Waals surface area contributed by atoms with Crippen LogP contribution in [0.1, 0.15) is 72.6 Å². The molecule has 10 heteroatoms. The fourth-order valence-corrected chi connectivity index (χ4v) is 7.54. The highest BCUT2D eigenvalue weighted by molar-refractivity contribution is 7.99. The van der Waals surface area contributed by atoms with Crippen LogP contribution in [-0.2, 0) is 22.6 Å². The Morgan fingerprint density at radius 1 is 0.800 bits per heavy atom. The minimum atomic E-state index is -1.03. The van der Waals surface area contributed by atoms with Crippen molar-refractivity contribution in [1.82, 2.24) is 9.88 Å². The number of carbonyl (C=O) groups excluding carboxylic acids is 2. The second kappa shape index (κ2) is 14.4. The molecular weight excluding hydrogens is 653 g/mol. The summed E-state index contributed by atoms with van der Waals surface area (Å²) in [6.45, 7) is 2.17. The maximum absolute atomic E-state index is 12.9. The third kappa shape index (κ3) is 6.71. The molecule has 3 heterocycles. The first-order chi connectivity index (χ1) is 24.3. The number of thioether (sulfide) groups is 1. The van der Waals surface area contributed by atoms with Gasteiger partial charge in [0, 0.05) is 23.4 Å². The number of carbonyl (C=O) groups is 3.